The molecule has 0 amide bonds. The van der Waals surface area contributed by atoms with Crippen molar-refractivity contribution in [2.24, 2.45) is 9.98 Å². The van der Waals surface area contributed by atoms with Crippen LogP contribution in [0, 0.1) is 12.3 Å². The van der Waals surface area contributed by atoms with Gasteiger partial charge in [0.2, 0.25) is 0 Å². The largest absolute Gasteiger partial charge is 0.455 e. The van der Waals surface area contributed by atoms with Crippen LogP contribution in [0.25, 0.3) is 44.2 Å². The zero-order valence-corrected chi connectivity index (χ0v) is 24.9. The Morgan fingerprint density at radius 2 is 1.58 bits per heavy atom. The second kappa shape index (κ2) is 12.0. The molecule has 0 saturated heterocycles. The summed E-state index contributed by atoms with van der Waals surface area (Å²) in [6, 6.07) is 37.1. The molecule has 1 unspecified atom stereocenters. The van der Waals surface area contributed by atoms with Crippen LogP contribution in [0.15, 0.2) is 124 Å². The van der Waals surface area contributed by atoms with E-state index in [4.69, 9.17) is 14.8 Å². The maximum atomic E-state index is 9.13. The van der Waals surface area contributed by atoms with Crippen LogP contribution in [0.5, 0.6) is 0 Å². The summed E-state index contributed by atoms with van der Waals surface area (Å²) in [6.07, 6.45) is 2.23. The van der Waals surface area contributed by atoms with E-state index < -0.39 is 0 Å². The molecule has 1 N–H and O–H groups in total. The molecule has 212 valence electrons. The molecular formula is C39H35N3O. The lowest BCUT2D eigenvalue weighted by Crippen LogP contribution is -2.07. The summed E-state index contributed by atoms with van der Waals surface area (Å²) in [5.41, 5.74) is 9.87. The van der Waals surface area contributed by atoms with Gasteiger partial charge >= 0.3 is 0 Å². The molecule has 1 atom stereocenters. The number of aryl methyl sites for hydroxylation is 1. The zero-order chi connectivity index (χ0) is 29.9. The van der Waals surface area contributed by atoms with Gasteiger partial charge in [-0.25, -0.2) is 9.98 Å². The van der Waals surface area contributed by atoms with Crippen LogP contribution in [-0.2, 0) is 0 Å². The molecule has 4 nitrogen and oxygen atoms in total. The Kier molecular flexibility index (Phi) is 7.84. The molecule has 1 heterocycles. The van der Waals surface area contributed by atoms with E-state index in [0.29, 0.717) is 11.8 Å². The third-order valence-electron chi connectivity index (χ3n) is 8.22. The van der Waals surface area contributed by atoms with E-state index in [0.717, 1.165) is 73.7 Å². The summed E-state index contributed by atoms with van der Waals surface area (Å²) in [5.74, 6) is 0.945. The summed E-state index contributed by atoms with van der Waals surface area (Å²) >= 11 is 0. The van der Waals surface area contributed by atoms with Crippen molar-refractivity contribution >= 4 is 40.3 Å². The summed E-state index contributed by atoms with van der Waals surface area (Å²) in [4.78, 5) is 8.99. The SMILES string of the molecule is C=NC(=NC(=N)c1cccc(C)c1-c1ccccc1C(C)CCC)c1ccc2c(c1)oc1c(-c3ccccc3)cccc12. The lowest BCUT2D eigenvalue weighted by Gasteiger charge is -2.20. The number of nitrogens with zero attached hydrogens (tertiary/aromatic N) is 2. The first-order valence-corrected chi connectivity index (χ1v) is 14.8. The minimum atomic E-state index is 0.148. The van der Waals surface area contributed by atoms with Crippen LogP contribution < -0.4 is 0 Å². The zero-order valence-electron chi connectivity index (χ0n) is 24.9. The Morgan fingerprint density at radius 1 is 0.837 bits per heavy atom. The van der Waals surface area contributed by atoms with Gasteiger partial charge in [-0.05, 0) is 65.9 Å². The second-order valence-corrected chi connectivity index (χ2v) is 11.1. The van der Waals surface area contributed by atoms with E-state index >= 15 is 0 Å². The predicted octanol–water partition coefficient (Wildman–Crippen LogP) is 10.6. The summed E-state index contributed by atoms with van der Waals surface area (Å²) in [5, 5.41) is 11.2. The summed E-state index contributed by atoms with van der Waals surface area (Å²) in [6.45, 7) is 10.4. The van der Waals surface area contributed by atoms with E-state index in [1.807, 2.05) is 48.5 Å². The number of benzene rings is 5. The first-order chi connectivity index (χ1) is 21.0. The molecule has 0 aliphatic heterocycles. The number of amidine groups is 2. The van der Waals surface area contributed by atoms with Crippen LogP contribution in [0.4, 0.5) is 0 Å². The number of furan rings is 1. The molecule has 5 aromatic carbocycles. The van der Waals surface area contributed by atoms with Crippen LogP contribution in [-0.4, -0.2) is 18.4 Å². The second-order valence-electron chi connectivity index (χ2n) is 11.1. The molecule has 6 aromatic rings. The number of fused-ring (bicyclic) bond motifs is 3. The Labute approximate surface area is 253 Å². The maximum Gasteiger partial charge on any atom is 0.161 e. The van der Waals surface area contributed by atoms with Crippen molar-refractivity contribution in [1.29, 1.82) is 5.41 Å². The monoisotopic (exact) mass is 561 g/mol. The topological polar surface area (TPSA) is 61.7 Å². The number of para-hydroxylation sites is 1. The number of hydrogen-bond donors (Lipinski definition) is 1. The highest BCUT2D eigenvalue weighted by Crippen LogP contribution is 2.37. The van der Waals surface area contributed by atoms with E-state index in [2.05, 4.69) is 93.1 Å². The van der Waals surface area contributed by atoms with Crippen molar-refractivity contribution in [3.8, 4) is 22.3 Å². The molecule has 1 aromatic heterocycles. The normalized spacial score (nSPS) is 12.5. The Bertz CT molecular complexity index is 2000. The Hall–Kier alpha value is -5.09. The van der Waals surface area contributed by atoms with Crippen molar-refractivity contribution in [3.05, 3.63) is 131 Å². The van der Waals surface area contributed by atoms with Gasteiger partial charge in [0.1, 0.15) is 11.2 Å². The number of rotatable bonds is 7. The molecule has 4 heteroatoms. The van der Waals surface area contributed by atoms with Crippen LogP contribution in [0.3, 0.4) is 0 Å². The number of aliphatic imine (C=N–C) groups is 2. The number of nitrogens with one attached hydrogen (secondary N) is 1. The van der Waals surface area contributed by atoms with Crippen molar-refractivity contribution in [1.82, 2.24) is 0 Å². The highest BCUT2D eigenvalue weighted by Gasteiger charge is 2.19. The highest BCUT2D eigenvalue weighted by molar-refractivity contribution is 6.16. The molecule has 0 aliphatic carbocycles. The average Bonchev–Trinajstić information content (AvgIpc) is 3.42. The smallest absolute Gasteiger partial charge is 0.161 e. The first kappa shape index (κ1) is 28.0. The lowest BCUT2D eigenvalue weighted by molar-refractivity contribution is 0.666. The molecule has 0 fully saturated rings. The lowest BCUT2D eigenvalue weighted by atomic mass is 9.85. The predicted molar refractivity (Wildman–Crippen MR) is 182 cm³/mol. The highest BCUT2D eigenvalue weighted by atomic mass is 16.3. The van der Waals surface area contributed by atoms with Gasteiger partial charge < -0.3 is 4.42 Å². The van der Waals surface area contributed by atoms with Crippen molar-refractivity contribution in [3.63, 3.8) is 0 Å². The standard InChI is InChI=1S/C39H35N3O/c1-5-13-25(2)29-17-9-10-18-32(29)36-26(3)14-11-21-34(36)38(40)42-39(41-4)28-22-23-31-33-20-12-19-30(27-15-7-6-8-16-27)37(33)43-35(31)24-28/h6-12,14-25,40H,4-5,13H2,1-3H3. The molecule has 43 heavy (non-hydrogen) atoms. The molecule has 0 saturated carbocycles. The van der Waals surface area contributed by atoms with Gasteiger partial charge in [0.05, 0.1) is 0 Å². The van der Waals surface area contributed by atoms with E-state index in [1.54, 1.807) is 0 Å². The van der Waals surface area contributed by atoms with Gasteiger partial charge in [0.15, 0.2) is 11.7 Å². The third-order valence-corrected chi connectivity index (χ3v) is 8.22. The fourth-order valence-corrected chi connectivity index (χ4v) is 6.11. The molecule has 0 bridgehead atoms. The summed E-state index contributed by atoms with van der Waals surface area (Å²) in [7, 11) is 0. The molecule has 6 rings (SSSR count). The maximum absolute atomic E-state index is 9.13. The molecule has 0 radical (unpaired) electrons. The van der Waals surface area contributed by atoms with Crippen LogP contribution in [0.1, 0.15) is 54.9 Å². The van der Waals surface area contributed by atoms with Crippen molar-refractivity contribution in [2.45, 2.75) is 39.5 Å². The van der Waals surface area contributed by atoms with Crippen molar-refractivity contribution in [2.75, 3.05) is 0 Å². The van der Waals surface area contributed by atoms with Crippen LogP contribution in [0.2, 0.25) is 0 Å². The van der Waals surface area contributed by atoms with E-state index in [1.165, 1.54) is 5.56 Å². The van der Waals surface area contributed by atoms with Gasteiger partial charge in [0, 0.05) is 27.5 Å². The Balaban J connectivity index is 1.42. The molecule has 0 aliphatic rings. The minimum absolute atomic E-state index is 0.148. The van der Waals surface area contributed by atoms with Gasteiger partial charge in [-0.1, -0.05) is 117 Å². The third kappa shape index (κ3) is 5.32. The van der Waals surface area contributed by atoms with Gasteiger partial charge in [0.25, 0.3) is 0 Å². The fourth-order valence-electron chi connectivity index (χ4n) is 6.11. The molecular weight excluding hydrogens is 526 g/mol. The van der Waals surface area contributed by atoms with E-state index in [-0.39, 0.29) is 5.84 Å². The minimum Gasteiger partial charge on any atom is -0.455 e. The van der Waals surface area contributed by atoms with E-state index in [9.17, 15) is 0 Å². The van der Waals surface area contributed by atoms with Crippen LogP contribution >= 0.6 is 0 Å². The number of hydrogen-bond acceptors (Lipinski definition) is 2. The summed E-state index contributed by atoms with van der Waals surface area (Å²) < 4.78 is 6.44. The molecule has 0 spiro atoms. The van der Waals surface area contributed by atoms with Gasteiger partial charge in [-0.2, -0.15) is 0 Å². The quantitative estimate of drug-likeness (QED) is 0.153. The van der Waals surface area contributed by atoms with Gasteiger partial charge in [-0.15, -0.1) is 0 Å². The first-order valence-electron chi connectivity index (χ1n) is 14.8. The van der Waals surface area contributed by atoms with Gasteiger partial charge in [-0.3, -0.25) is 5.41 Å². The van der Waals surface area contributed by atoms with Crippen molar-refractivity contribution < 1.29 is 4.42 Å². The fraction of sp³-hybridized carbons (Fsp3) is 0.154. The average molecular weight is 562 g/mol. The Morgan fingerprint density at radius 3 is 2.37 bits per heavy atom.